The second kappa shape index (κ2) is 11.9. The lowest BCUT2D eigenvalue weighted by Crippen LogP contribution is -2.52. The highest BCUT2D eigenvalue weighted by Gasteiger charge is 2.30. The van der Waals surface area contributed by atoms with Gasteiger partial charge in [0.2, 0.25) is 0 Å². The topological polar surface area (TPSA) is 120 Å². The molecule has 0 bridgehead atoms. The van der Waals surface area contributed by atoms with Gasteiger partial charge in [-0.05, 0) is 53.8 Å². The molecular formula is C25H19F2N5O3. The Morgan fingerprint density at radius 1 is 1.03 bits per heavy atom. The van der Waals surface area contributed by atoms with Crippen molar-refractivity contribution in [2.45, 2.75) is 19.0 Å². The van der Waals surface area contributed by atoms with Gasteiger partial charge in [0.25, 0.3) is 18.2 Å². The van der Waals surface area contributed by atoms with Crippen LogP contribution in [0.3, 0.4) is 0 Å². The number of imidazole rings is 1. The van der Waals surface area contributed by atoms with Gasteiger partial charge in [-0.15, -0.1) is 0 Å². The van der Waals surface area contributed by atoms with Crippen LogP contribution in [0.5, 0.6) is 0 Å². The molecule has 3 aromatic rings. The monoisotopic (exact) mass is 475 g/mol. The molecular weight excluding hydrogens is 456 g/mol. The molecule has 0 aliphatic heterocycles. The van der Waals surface area contributed by atoms with Crippen molar-refractivity contribution >= 4 is 17.5 Å². The van der Waals surface area contributed by atoms with Crippen molar-refractivity contribution in [3.63, 3.8) is 0 Å². The number of halogens is 2. The summed E-state index contributed by atoms with van der Waals surface area (Å²) in [5, 5.41) is 17.9. The van der Waals surface area contributed by atoms with Crippen LogP contribution in [0.2, 0.25) is 0 Å². The molecule has 10 heteroatoms. The van der Waals surface area contributed by atoms with Gasteiger partial charge in [0.05, 0.1) is 6.33 Å². The molecule has 0 aliphatic carbocycles. The largest absolute Gasteiger partial charge is 0.335 e. The number of aromatic nitrogens is 2. The van der Waals surface area contributed by atoms with E-state index in [1.165, 1.54) is 24.3 Å². The number of carbonyl (C=O) groups is 2. The van der Waals surface area contributed by atoms with Crippen molar-refractivity contribution in [3.8, 4) is 23.7 Å². The highest BCUT2D eigenvalue weighted by molar-refractivity contribution is 6.11. The lowest BCUT2D eigenvalue weighted by molar-refractivity contribution is -0.129. The van der Waals surface area contributed by atoms with Crippen LogP contribution in [0.25, 0.3) is 0 Å². The number of rotatable bonds is 7. The Morgan fingerprint density at radius 2 is 1.63 bits per heavy atom. The van der Waals surface area contributed by atoms with E-state index < -0.39 is 30.0 Å². The molecule has 2 amide bonds. The summed E-state index contributed by atoms with van der Waals surface area (Å²) in [6.07, 6.45) is 2.07. The highest BCUT2D eigenvalue weighted by Crippen LogP contribution is 2.07. The average Bonchev–Trinajstić information content (AvgIpc) is 3.38. The van der Waals surface area contributed by atoms with Gasteiger partial charge in [0, 0.05) is 35.6 Å². The van der Waals surface area contributed by atoms with Gasteiger partial charge in [-0.3, -0.25) is 14.8 Å². The Kier molecular flexibility index (Phi) is 8.43. The van der Waals surface area contributed by atoms with Crippen LogP contribution in [0, 0.1) is 29.1 Å². The first-order chi connectivity index (χ1) is 16.9. The zero-order valence-corrected chi connectivity index (χ0v) is 18.1. The molecule has 35 heavy (non-hydrogen) atoms. The van der Waals surface area contributed by atoms with Crippen LogP contribution in [-0.2, 0) is 11.3 Å². The van der Waals surface area contributed by atoms with Gasteiger partial charge in [-0.1, -0.05) is 24.0 Å². The summed E-state index contributed by atoms with van der Waals surface area (Å²) in [6.45, 7) is 0.714. The van der Waals surface area contributed by atoms with Crippen LogP contribution in [0.1, 0.15) is 27.0 Å². The minimum absolute atomic E-state index is 0.0511. The van der Waals surface area contributed by atoms with E-state index in [2.05, 4.69) is 28.7 Å². The fourth-order valence-electron chi connectivity index (χ4n) is 2.89. The van der Waals surface area contributed by atoms with Gasteiger partial charge in [-0.25, -0.2) is 19.2 Å². The molecule has 0 spiro atoms. The molecule has 0 fully saturated rings. The molecule has 0 saturated carbocycles. The Balaban J connectivity index is 1.60. The summed E-state index contributed by atoms with van der Waals surface area (Å²) >= 11 is 0. The standard InChI is InChI=1S/C25H19F2N5O3/c26-23(27)21(28)22(25(34)31-35)30-24(33)20-11-9-18(10-12-20)4-2-1-3-17-5-7-19(8-6-17)15-32-14-13-29-16-32/h5-14,16,22-23,28,35H,15H2,(H,30,33)(H,31,34)/t22-/m0/s1. The molecule has 3 rings (SSSR count). The predicted molar refractivity (Wildman–Crippen MR) is 123 cm³/mol. The van der Waals surface area contributed by atoms with Crippen molar-refractivity contribution in [2.24, 2.45) is 0 Å². The van der Waals surface area contributed by atoms with Crippen LogP contribution in [-0.4, -0.2) is 44.8 Å². The Morgan fingerprint density at radius 3 is 2.14 bits per heavy atom. The summed E-state index contributed by atoms with van der Waals surface area (Å²) in [5.74, 6) is 9.01. The second-order valence-electron chi connectivity index (χ2n) is 7.15. The Hall–Kier alpha value is -4.80. The van der Waals surface area contributed by atoms with E-state index in [0.29, 0.717) is 12.1 Å². The summed E-state index contributed by atoms with van der Waals surface area (Å²) < 4.78 is 27.5. The van der Waals surface area contributed by atoms with Crippen LogP contribution >= 0.6 is 0 Å². The zero-order valence-electron chi connectivity index (χ0n) is 18.1. The van der Waals surface area contributed by atoms with Crippen molar-refractivity contribution in [1.29, 1.82) is 5.41 Å². The first kappa shape index (κ1) is 24.8. The van der Waals surface area contributed by atoms with Crippen LogP contribution < -0.4 is 10.8 Å². The van der Waals surface area contributed by atoms with E-state index in [0.717, 1.165) is 16.6 Å². The quantitative estimate of drug-likeness (QED) is 0.181. The van der Waals surface area contributed by atoms with Crippen molar-refractivity contribution in [2.75, 3.05) is 0 Å². The smallest absolute Gasteiger partial charge is 0.278 e. The molecule has 4 N–H and O–H groups in total. The molecule has 1 aromatic heterocycles. The number of nitrogens with one attached hydrogen (secondary N) is 3. The minimum atomic E-state index is -3.28. The third kappa shape index (κ3) is 7.09. The number of nitrogens with zero attached hydrogens (tertiary/aromatic N) is 2. The van der Waals surface area contributed by atoms with Gasteiger partial charge in [0.15, 0.2) is 6.04 Å². The highest BCUT2D eigenvalue weighted by atomic mass is 19.3. The van der Waals surface area contributed by atoms with E-state index in [4.69, 9.17) is 10.6 Å². The summed E-state index contributed by atoms with van der Waals surface area (Å²) in [4.78, 5) is 27.8. The predicted octanol–water partition coefficient (Wildman–Crippen LogP) is 2.22. The summed E-state index contributed by atoms with van der Waals surface area (Å²) in [7, 11) is 0. The van der Waals surface area contributed by atoms with Gasteiger partial charge < -0.3 is 15.3 Å². The number of carbonyl (C=O) groups excluding carboxylic acids is 2. The molecule has 0 saturated heterocycles. The van der Waals surface area contributed by atoms with E-state index >= 15 is 0 Å². The maximum Gasteiger partial charge on any atom is 0.278 e. The lowest BCUT2D eigenvalue weighted by Gasteiger charge is -2.17. The van der Waals surface area contributed by atoms with E-state index in [1.807, 2.05) is 40.3 Å². The number of hydrogen-bond donors (Lipinski definition) is 4. The summed E-state index contributed by atoms with van der Waals surface area (Å²) in [5.41, 5.74) is 2.32. The molecule has 8 nitrogen and oxygen atoms in total. The molecule has 1 heterocycles. The molecule has 1 atom stereocenters. The van der Waals surface area contributed by atoms with E-state index in [9.17, 15) is 18.4 Å². The maximum atomic E-state index is 12.8. The Labute approximate surface area is 199 Å². The molecule has 0 aliphatic rings. The number of hydrogen-bond acceptors (Lipinski definition) is 5. The molecule has 0 unspecified atom stereocenters. The average molecular weight is 475 g/mol. The third-order valence-electron chi connectivity index (χ3n) is 4.70. The summed E-state index contributed by atoms with van der Waals surface area (Å²) in [6, 6.07) is 11.5. The van der Waals surface area contributed by atoms with Crippen molar-refractivity contribution < 1.29 is 23.6 Å². The van der Waals surface area contributed by atoms with E-state index in [1.54, 1.807) is 12.5 Å². The third-order valence-corrected chi connectivity index (χ3v) is 4.70. The first-order valence-corrected chi connectivity index (χ1v) is 10.2. The van der Waals surface area contributed by atoms with Crippen molar-refractivity contribution in [1.82, 2.24) is 20.3 Å². The van der Waals surface area contributed by atoms with Gasteiger partial charge in [-0.2, -0.15) is 0 Å². The molecule has 2 aromatic carbocycles. The van der Waals surface area contributed by atoms with Gasteiger partial charge >= 0.3 is 0 Å². The molecule has 176 valence electrons. The van der Waals surface area contributed by atoms with Crippen LogP contribution in [0.4, 0.5) is 8.78 Å². The lowest BCUT2D eigenvalue weighted by atomic mass is 10.1. The number of hydroxylamine groups is 1. The van der Waals surface area contributed by atoms with Crippen LogP contribution in [0.15, 0.2) is 67.3 Å². The fraction of sp³-hybridized carbons (Fsp3) is 0.120. The van der Waals surface area contributed by atoms with Crippen molar-refractivity contribution in [3.05, 3.63) is 89.5 Å². The Bertz CT molecular complexity index is 1310. The SMILES string of the molecule is N=C(C(F)F)[C@H](NC(=O)c1ccc(C#CC#Cc2ccc(Cn3ccnc3)cc2)cc1)C(=O)NO. The van der Waals surface area contributed by atoms with E-state index in [-0.39, 0.29) is 5.56 Å². The zero-order chi connectivity index (χ0) is 25.2. The normalized spacial score (nSPS) is 10.9. The minimum Gasteiger partial charge on any atom is -0.335 e. The van der Waals surface area contributed by atoms with Gasteiger partial charge in [0.1, 0.15) is 5.71 Å². The number of alkyl halides is 2. The second-order valence-corrected chi connectivity index (χ2v) is 7.15. The number of amides is 2. The maximum absolute atomic E-state index is 12.8. The fourth-order valence-corrected chi connectivity index (χ4v) is 2.89. The first-order valence-electron chi connectivity index (χ1n) is 10.2. The number of benzene rings is 2. The molecule has 0 radical (unpaired) electrons.